The lowest BCUT2D eigenvalue weighted by molar-refractivity contribution is -0.147. The summed E-state index contributed by atoms with van der Waals surface area (Å²) in [6, 6.07) is 18.8. The molecule has 1 N–H and O–H groups in total. The zero-order chi connectivity index (χ0) is 20.0. The molecule has 1 atom stereocenters. The van der Waals surface area contributed by atoms with E-state index >= 15 is 0 Å². The van der Waals surface area contributed by atoms with Gasteiger partial charge in [0.1, 0.15) is 6.04 Å². The third-order valence-electron chi connectivity index (χ3n) is 6.02. The number of amides is 1. The highest BCUT2D eigenvalue weighted by Gasteiger charge is 2.41. The zero-order valence-corrected chi connectivity index (χ0v) is 16.7. The van der Waals surface area contributed by atoms with Crippen molar-refractivity contribution in [2.24, 2.45) is 5.92 Å². The van der Waals surface area contributed by atoms with Crippen LogP contribution in [0.4, 0.5) is 0 Å². The summed E-state index contributed by atoms with van der Waals surface area (Å²) in [5.74, 6) is -0.407. The van der Waals surface area contributed by atoms with Crippen LogP contribution in [0.1, 0.15) is 50.2 Å². The third-order valence-corrected chi connectivity index (χ3v) is 6.02. The first-order valence-corrected chi connectivity index (χ1v) is 10.1. The monoisotopic (exact) mass is 379 g/mol. The summed E-state index contributed by atoms with van der Waals surface area (Å²) in [5, 5.41) is 3.06. The first-order valence-electron chi connectivity index (χ1n) is 10.1. The number of benzene rings is 2. The van der Waals surface area contributed by atoms with E-state index in [0.29, 0.717) is 0 Å². The summed E-state index contributed by atoms with van der Waals surface area (Å²) >= 11 is 0. The molecule has 2 aromatic rings. The number of hydrogen-bond donors (Lipinski definition) is 1. The van der Waals surface area contributed by atoms with E-state index in [1.54, 1.807) is 0 Å². The Hall–Kier alpha value is -2.62. The van der Waals surface area contributed by atoms with Crippen molar-refractivity contribution in [3.63, 3.8) is 0 Å². The van der Waals surface area contributed by atoms with E-state index in [2.05, 4.69) is 5.32 Å². The van der Waals surface area contributed by atoms with Crippen LogP contribution in [0.2, 0.25) is 0 Å². The molecule has 4 nitrogen and oxygen atoms in total. The van der Waals surface area contributed by atoms with Crippen LogP contribution in [-0.2, 0) is 19.7 Å². The van der Waals surface area contributed by atoms with Crippen LogP contribution in [0.3, 0.4) is 0 Å². The van der Waals surface area contributed by atoms with Crippen LogP contribution in [0.5, 0.6) is 0 Å². The fourth-order valence-electron chi connectivity index (χ4n) is 4.22. The molecule has 0 aliphatic heterocycles. The molecule has 2 aromatic carbocycles. The van der Waals surface area contributed by atoms with Gasteiger partial charge >= 0.3 is 5.97 Å². The fourth-order valence-corrected chi connectivity index (χ4v) is 4.22. The molecule has 0 aromatic heterocycles. The second kappa shape index (κ2) is 9.05. The number of hydrogen-bond acceptors (Lipinski definition) is 3. The van der Waals surface area contributed by atoms with Crippen LogP contribution < -0.4 is 5.32 Å². The lowest BCUT2D eigenvalue weighted by Crippen LogP contribution is -2.53. The highest BCUT2D eigenvalue weighted by Crippen LogP contribution is 2.33. The number of esters is 1. The van der Waals surface area contributed by atoms with Gasteiger partial charge < -0.3 is 10.1 Å². The number of methoxy groups -OCH3 is 1. The SMILES string of the molecule is COC(=O)[C@H](NC(=O)C(C)(c1ccccc1)c1ccccc1)C1CCCCC1. The minimum absolute atomic E-state index is 0.126. The van der Waals surface area contributed by atoms with Crippen molar-refractivity contribution >= 4 is 11.9 Å². The van der Waals surface area contributed by atoms with Crippen LogP contribution >= 0.6 is 0 Å². The Bertz CT molecular complexity index is 743. The minimum Gasteiger partial charge on any atom is -0.467 e. The lowest BCUT2D eigenvalue weighted by atomic mass is 9.74. The number of ether oxygens (including phenoxy) is 1. The Balaban J connectivity index is 1.95. The Morgan fingerprint density at radius 2 is 1.43 bits per heavy atom. The maximum Gasteiger partial charge on any atom is 0.328 e. The van der Waals surface area contributed by atoms with Crippen molar-refractivity contribution in [2.75, 3.05) is 7.11 Å². The Kier molecular flexibility index (Phi) is 6.50. The molecule has 4 heteroatoms. The van der Waals surface area contributed by atoms with Gasteiger partial charge in [-0.1, -0.05) is 79.9 Å². The van der Waals surface area contributed by atoms with E-state index < -0.39 is 11.5 Å². The van der Waals surface area contributed by atoms with E-state index in [4.69, 9.17) is 4.74 Å². The summed E-state index contributed by atoms with van der Waals surface area (Å²) in [7, 11) is 1.39. The van der Waals surface area contributed by atoms with E-state index in [-0.39, 0.29) is 17.8 Å². The second-order valence-corrected chi connectivity index (χ2v) is 7.73. The van der Waals surface area contributed by atoms with E-state index in [0.717, 1.165) is 36.8 Å². The van der Waals surface area contributed by atoms with Crippen molar-refractivity contribution in [1.29, 1.82) is 0 Å². The molecule has 1 saturated carbocycles. The molecule has 148 valence electrons. The van der Waals surface area contributed by atoms with Crippen molar-refractivity contribution < 1.29 is 14.3 Å². The summed E-state index contributed by atoms with van der Waals surface area (Å²) in [6.45, 7) is 1.92. The van der Waals surface area contributed by atoms with Gasteiger partial charge in [-0.3, -0.25) is 4.79 Å². The van der Waals surface area contributed by atoms with Crippen molar-refractivity contribution in [1.82, 2.24) is 5.32 Å². The fraction of sp³-hybridized carbons (Fsp3) is 0.417. The maximum absolute atomic E-state index is 13.6. The van der Waals surface area contributed by atoms with Gasteiger partial charge in [-0.05, 0) is 36.8 Å². The van der Waals surface area contributed by atoms with Gasteiger partial charge in [0.15, 0.2) is 0 Å². The van der Waals surface area contributed by atoms with Crippen LogP contribution in [0.15, 0.2) is 60.7 Å². The first-order chi connectivity index (χ1) is 13.6. The number of nitrogens with one attached hydrogen (secondary N) is 1. The molecule has 0 radical (unpaired) electrons. The average Bonchev–Trinajstić information content (AvgIpc) is 2.78. The van der Waals surface area contributed by atoms with Gasteiger partial charge in [-0.2, -0.15) is 0 Å². The molecule has 28 heavy (non-hydrogen) atoms. The molecule has 1 aliphatic rings. The quantitative estimate of drug-likeness (QED) is 0.764. The predicted molar refractivity (Wildman–Crippen MR) is 110 cm³/mol. The Labute approximate surface area is 167 Å². The van der Waals surface area contributed by atoms with Gasteiger partial charge in [0.05, 0.1) is 12.5 Å². The lowest BCUT2D eigenvalue weighted by Gasteiger charge is -2.34. The van der Waals surface area contributed by atoms with Gasteiger partial charge in [-0.25, -0.2) is 4.79 Å². The molecule has 1 amide bonds. The van der Waals surface area contributed by atoms with Gasteiger partial charge in [0.25, 0.3) is 0 Å². The van der Waals surface area contributed by atoms with Crippen LogP contribution in [0.25, 0.3) is 0 Å². The average molecular weight is 380 g/mol. The van der Waals surface area contributed by atoms with Crippen molar-refractivity contribution in [2.45, 2.75) is 50.5 Å². The maximum atomic E-state index is 13.6. The predicted octanol–water partition coefficient (Wildman–Crippen LogP) is 4.23. The molecule has 1 aliphatic carbocycles. The van der Waals surface area contributed by atoms with Crippen LogP contribution in [0, 0.1) is 5.92 Å². The summed E-state index contributed by atoms with van der Waals surface area (Å²) in [6.07, 6.45) is 5.23. The smallest absolute Gasteiger partial charge is 0.328 e. The van der Waals surface area contributed by atoms with Crippen LogP contribution in [-0.4, -0.2) is 25.0 Å². The number of carbonyl (C=O) groups excluding carboxylic acids is 2. The number of rotatable bonds is 6. The summed E-state index contributed by atoms with van der Waals surface area (Å²) in [4.78, 5) is 26.1. The van der Waals surface area contributed by atoms with Gasteiger partial charge in [0, 0.05) is 0 Å². The third kappa shape index (κ3) is 4.11. The van der Waals surface area contributed by atoms with Crippen molar-refractivity contribution in [3.8, 4) is 0 Å². The normalized spacial score (nSPS) is 16.2. The zero-order valence-electron chi connectivity index (χ0n) is 16.7. The largest absolute Gasteiger partial charge is 0.467 e. The summed E-state index contributed by atoms with van der Waals surface area (Å²) in [5.41, 5.74) is 0.889. The molecular weight excluding hydrogens is 350 g/mol. The molecule has 3 rings (SSSR count). The van der Waals surface area contributed by atoms with Gasteiger partial charge in [0.2, 0.25) is 5.91 Å². The molecule has 1 fully saturated rings. The molecule has 0 heterocycles. The molecule has 0 bridgehead atoms. The number of carbonyl (C=O) groups is 2. The Morgan fingerprint density at radius 1 is 0.929 bits per heavy atom. The topological polar surface area (TPSA) is 55.4 Å². The van der Waals surface area contributed by atoms with E-state index in [9.17, 15) is 9.59 Å². The second-order valence-electron chi connectivity index (χ2n) is 7.73. The van der Waals surface area contributed by atoms with E-state index in [1.807, 2.05) is 67.6 Å². The molecular formula is C24H29NO3. The Morgan fingerprint density at radius 3 is 1.89 bits per heavy atom. The first kappa shape index (κ1) is 20.1. The highest BCUT2D eigenvalue weighted by atomic mass is 16.5. The molecule has 0 saturated heterocycles. The minimum atomic E-state index is -0.899. The summed E-state index contributed by atoms with van der Waals surface area (Å²) < 4.78 is 5.04. The highest BCUT2D eigenvalue weighted by molar-refractivity contribution is 5.94. The van der Waals surface area contributed by atoms with Gasteiger partial charge in [-0.15, -0.1) is 0 Å². The van der Waals surface area contributed by atoms with E-state index in [1.165, 1.54) is 13.5 Å². The van der Waals surface area contributed by atoms with Crippen molar-refractivity contribution in [3.05, 3.63) is 71.8 Å². The molecule has 0 spiro atoms. The standard InChI is InChI=1S/C24H29NO3/c1-24(19-14-8-4-9-15-19,20-16-10-5-11-17-20)23(27)25-21(22(26)28-2)18-12-6-3-7-13-18/h4-5,8-11,14-18,21H,3,6-7,12-13H2,1-2H3,(H,25,27)/t21-/m1/s1. The molecule has 0 unspecified atom stereocenters.